The first-order valence-electron chi connectivity index (χ1n) is 23.9. The van der Waals surface area contributed by atoms with E-state index in [9.17, 15) is 0 Å². The summed E-state index contributed by atoms with van der Waals surface area (Å²) in [4.78, 5) is 2.41. The Morgan fingerprint density at radius 1 is 0.304 bits per heavy atom. The van der Waals surface area contributed by atoms with Gasteiger partial charge in [0, 0.05) is 33.2 Å². The van der Waals surface area contributed by atoms with Crippen LogP contribution in [-0.2, 0) is 5.41 Å². The maximum absolute atomic E-state index is 2.47. The molecule has 0 unspecified atom stereocenters. The molecule has 0 fully saturated rings. The standard InChI is InChI=1S/C67H44N2/c1-4-19-50(20-5-1)67(51-21-6-2-7-22-51)62-30-16-14-27-57(62)58-38-37-54(44-63(58)67)69-64-31-17-15-29-60(64)61-42-48(35-39-65(61)69)45-32-33-47-41-53(36-34-46(47)40-45)68(52-23-8-3-9-24-52)66-43-49-18-10-11-25-55(49)56-26-12-13-28-59(56)66/h1-44H. The Morgan fingerprint density at radius 3 is 1.68 bits per heavy atom. The van der Waals surface area contributed by atoms with Crippen LogP contribution < -0.4 is 4.90 Å². The molecule has 1 aliphatic rings. The minimum atomic E-state index is -0.474. The molecule has 1 aliphatic carbocycles. The van der Waals surface area contributed by atoms with Crippen molar-refractivity contribution in [2.24, 2.45) is 0 Å². The first-order chi connectivity index (χ1) is 34.2. The number of aromatic nitrogens is 1. The third kappa shape index (κ3) is 5.99. The molecule has 2 heteroatoms. The van der Waals surface area contributed by atoms with Gasteiger partial charge < -0.3 is 9.47 Å². The Kier molecular flexibility index (Phi) is 8.84. The molecule has 0 radical (unpaired) electrons. The lowest BCUT2D eigenvalue weighted by Gasteiger charge is -2.34. The molecule has 2 nitrogen and oxygen atoms in total. The molecule has 0 bridgehead atoms. The second-order valence-electron chi connectivity index (χ2n) is 18.4. The molecule has 0 atom stereocenters. The third-order valence-corrected chi connectivity index (χ3v) is 14.8. The Morgan fingerprint density at radius 2 is 0.884 bits per heavy atom. The number of rotatable bonds is 7. The summed E-state index contributed by atoms with van der Waals surface area (Å²) in [5, 5.41) is 9.84. The molecule has 14 rings (SSSR count). The van der Waals surface area contributed by atoms with Crippen LogP contribution >= 0.6 is 0 Å². The fourth-order valence-electron chi connectivity index (χ4n) is 11.8. The summed E-state index contributed by atoms with van der Waals surface area (Å²) >= 11 is 0. The number of hydrogen-bond donors (Lipinski definition) is 0. The molecule has 13 aromatic rings. The van der Waals surface area contributed by atoms with Crippen LogP contribution in [0.25, 0.3) is 82.1 Å². The maximum atomic E-state index is 2.47. The highest BCUT2D eigenvalue weighted by molar-refractivity contribution is 6.15. The van der Waals surface area contributed by atoms with Crippen LogP contribution in [0.4, 0.5) is 17.1 Å². The maximum Gasteiger partial charge on any atom is 0.0714 e. The molecule has 0 aliphatic heterocycles. The number of para-hydroxylation sites is 2. The zero-order valence-corrected chi connectivity index (χ0v) is 37.8. The van der Waals surface area contributed by atoms with Gasteiger partial charge in [0.2, 0.25) is 0 Å². The molecule has 0 amide bonds. The lowest BCUT2D eigenvalue weighted by molar-refractivity contribution is 0.767. The van der Waals surface area contributed by atoms with E-state index in [2.05, 4.69) is 276 Å². The van der Waals surface area contributed by atoms with Gasteiger partial charge in [-0.15, -0.1) is 0 Å². The van der Waals surface area contributed by atoms with Gasteiger partial charge in [-0.05, 0) is 138 Å². The predicted octanol–water partition coefficient (Wildman–Crippen LogP) is 17.7. The third-order valence-electron chi connectivity index (χ3n) is 14.8. The Labute approximate surface area is 401 Å². The van der Waals surface area contributed by atoms with Crippen LogP contribution in [0.2, 0.25) is 0 Å². The molecule has 0 saturated carbocycles. The van der Waals surface area contributed by atoms with Gasteiger partial charge in [0.1, 0.15) is 0 Å². The summed E-state index contributed by atoms with van der Waals surface area (Å²) in [7, 11) is 0. The lowest BCUT2D eigenvalue weighted by Crippen LogP contribution is -2.28. The normalized spacial score (nSPS) is 12.8. The molecule has 0 saturated heterocycles. The Balaban J connectivity index is 0.889. The first kappa shape index (κ1) is 39.2. The average Bonchev–Trinajstić information content (AvgIpc) is 3.91. The van der Waals surface area contributed by atoms with Gasteiger partial charge in [-0.3, -0.25) is 0 Å². The average molecular weight is 877 g/mol. The van der Waals surface area contributed by atoms with Crippen molar-refractivity contribution in [2.45, 2.75) is 5.41 Å². The van der Waals surface area contributed by atoms with Crippen LogP contribution in [0.5, 0.6) is 0 Å². The molecule has 322 valence electrons. The quantitative estimate of drug-likeness (QED) is 0.145. The van der Waals surface area contributed by atoms with Gasteiger partial charge in [0.15, 0.2) is 0 Å². The predicted molar refractivity (Wildman–Crippen MR) is 291 cm³/mol. The number of anilines is 3. The molecular formula is C67H44N2. The minimum absolute atomic E-state index is 0.474. The van der Waals surface area contributed by atoms with Crippen LogP contribution in [0.1, 0.15) is 22.3 Å². The van der Waals surface area contributed by atoms with E-state index in [1.165, 1.54) is 98.6 Å². The lowest BCUT2D eigenvalue weighted by atomic mass is 9.67. The smallest absolute Gasteiger partial charge is 0.0714 e. The minimum Gasteiger partial charge on any atom is -0.310 e. The SMILES string of the molecule is c1ccc(N(c2ccc3cc(-c4ccc5c(c4)c4ccccc4n5-c4ccc5c(c4)C(c4ccccc4)(c4ccccc4)c4ccccc4-5)ccc3c2)c2cc3ccccc3c3ccccc23)cc1. The van der Waals surface area contributed by atoms with Gasteiger partial charge in [-0.25, -0.2) is 0 Å². The second kappa shape index (κ2) is 15.6. The largest absolute Gasteiger partial charge is 0.310 e. The summed E-state index contributed by atoms with van der Waals surface area (Å²) in [6, 6.07) is 98.6. The van der Waals surface area contributed by atoms with Gasteiger partial charge in [-0.2, -0.15) is 0 Å². The van der Waals surface area contributed by atoms with E-state index >= 15 is 0 Å². The van der Waals surface area contributed by atoms with Gasteiger partial charge in [0.05, 0.1) is 22.1 Å². The number of benzene rings is 12. The number of fused-ring (bicyclic) bond motifs is 10. The zero-order valence-electron chi connectivity index (χ0n) is 37.8. The van der Waals surface area contributed by atoms with Gasteiger partial charge in [0.25, 0.3) is 0 Å². The van der Waals surface area contributed by atoms with Crippen LogP contribution in [0, 0.1) is 0 Å². The van der Waals surface area contributed by atoms with Crippen molar-refractivity contribution in [3.8, 4) is 27.9 Å². The molecule has 1 aromatic heterocycles. The molecule has 0 spiro atoms. The first-order valence-corrected chi connectivity index (χ1v) is 23.9. The van der Waals surface area contributed by atoms with Crippen molar-refractivity contribution in [3.63, 3.8) is 0 Å². The fourth-order valence-corrected chi connectivity index (χ4v) is 11.8. The van der Waals surface area contributed by atoms with Crippen molar-refractivity contribution >= 4 is 71.2 Å². The summed E-state index contributed by atoms with van der Waals surface area (Å²) in [5.74, 6) is 0. The van der Waals surface area contributed by atoms with E-state index in [1.54, 1.807) is 0 Å². The van der Waals surface area contributed by atoms with Crippen molar-refractivity contribution in [2.75, 3.05) is 4.90 Å². The van der Waals surface area contributed by atoms with Crippen molar-refractivity contribution < 1.29 is 0 Å². The van der Waals surface area contributed by atoms with Crippen LogP contribution in [0.15, 0.2) is 267 Å². The Hall–Kier alpha value is -8.98. The fraction of sp³-hybridized carbons (Fsp3) is 0.0149. The van der Waals surface area contributed by atoms with E-state index in [4.69, 9.17) is 0 Å². The van der Waals surface area contributed by atoms with Gasteiger partial charge >= 0.3 is 0 Å². The Bertz CT molecular complexity index is 4090. The highest BCUT2D eigenvalue weighted by Crippen LogP contribution is 2.56. The highest BCUT2D eigenvalue weighted by Gasteiger charge is 2.46. The molecule has 1 heterocycles. The molecule has 0 N–H and O–H groups in total. The highest BCUT2D eigenvalue weighted by atomic mass is 15.1. The monoisotopic (exact) mass is 876 g/mol. The van der Waals surface area contributed by atoms with E-state index in [-0.39, 0.29) is 0 Å². The topological polar surface area (TPSA) is 8.17 Å². The summed E-state index contributed by atoms with van der Waals surface area (Å²) in [6.45, 7) is 0. The summed E-state index contributed by atoms with van der Waals surface area (Å²) in [6.07, 6.45) is 0. The summed E-state index contributed by atoms with van der Waals surface area (Å²) < 4.78 is 2.47. The van der Waals surface area contributed by atoms with Crippen LogP contribution in [-0.4, -0.2) is 4.57 Å². The van der Waals surface area contributed by atoms with Crippen molar-refractivity contribution in [1.29, 1.82) is 0 Å². The van der Waals surface area contributed by atoms with E-state index < -0.39 is 5.41 Å². The second-order valence-corrected chi connectivity index (χ2v) is 18.4. The number of hydrogen-bond acceptors (Lipinski definition) is 1. The molecular weight excluding hydrogens is 833 g/mol. The van der Waals surface area contributed by atoms with E-state index in [0.717, 1.165) is 22.7 Å². The van der Waals surface area contributed by atoms with Crippen LogP contribution in [0.3, 0.4) is 0 Å². The zero-order chi connectivity index (χ0) is 45.5. The van der Waals surface area contributed by atoms with Gasteiger partial charge in [-0.1, -0.05) is 200 Å². The van der Waals surface area contributed by atoms with E-state index in [1.807, 2.05) is 0 Å². The van der Waals surface area contributed by atoms with Crippen molar-refractivity contribution in [1.82, 2.24) is 4.57 Å². The number of nitrogens with zero attached hydrogens (tertiary/aromatic N) is 2. The summed E-state index contributed by atoms with van der Waals surface area (Å²) in [5.41, 5.74) is 16.6. The molecule has 12 aromatic carbocycles. The molecule has 69 heavy (non-hydrogen) atoms. The van der Waals surface area contributed by atoms with E-state index in [0.29, 0.717) is 0 Å². The van der Waals surface area contributed by atoms with Crippen molar-refractivity contribution in [3.05, 3.63) is 289 Å².